The molecule has 1 aliphatic carbocycles. The highest BCUT2D eigenvalue weighted by molar-refractivity contribution is 5.75. The Balaban J connectivity index is 2.10. The summed E-state index contributed by atoms with van der Waals surface area (Å²) < 4.78 is 11.6. The highest BCUT2D eigenvalue weighted by Crippen LogP contribution is 2.36. The van der Waals surface area contributed by atoms with Gasteiger partial charge in [-0.2, -0.15) is 0 Å². The molecule has 3 nitrogen and oxygen atoms in total. The monoisotopic (exact) mass is 398 g/mol. The van der Waals surface area contributed by atoms with E-state index in [9.17, 15) is 4.79 Å². The minimum atomic E-state index is -0.300. The van der Waals surface area contributed by atoms with E-state index in [1.807, 2.05) is 25.1 Å². The lowest BCUT2D eigenvalue weighted by Crippen LogP contribution is -2.32. The Hall–Kier alpha value is -2.03. The van der Waals surface area contributed by atoms with Gasteiger partial charge in [-0.3, -0.25) is 0 Å². The van der Waals surface area contributed by atoms with Gasteiger partial charge in [0.25, 0.3) is 0 Å². The van der Waals surface area contributed by atoms with Crippen LogP contribution in [0.1, 0.15) is 89.8 Å². The summed E-state index contributed by atoms with van der Waals surface area (Å²) in [6.07, 6.45) is 11.3. The molecule has 0 atom stereocenters. The molecule has 1 aromatic carbocycles. The van der Waals surface area contributed by atoms with Crippen molar-refractivity contribution in [2.24, 2.45) is 5.41 Å². The first-order valence-corrected chi connectivity index (χ1v) is 11.0. The smallest absolute Gasteiger partial charge is 0.344 e. The van der Waals surface area contributed by atoms with Gasteiger partial charge in [-0.1, -0.05) is 71.0 Å². The van der Waals surface area contributed by atoms with Gasteiger partial charge in [-0.05, 0) is 62.0 Å². The molecule has 160 valence electrons. The van der Waals surface area contributed by atoms with E-state index in [2.05, 4.69) is 46.4 Å². The number of benzene rings is 1. The first-order chi connectivity index (χ1) is 13.8. The van der Waals surface area contributed by atoms with Gasteiger partial charge >= 0.3 is 5.97 Å². The molecule has 2 rings (SSSR count). The predicted octanol–water partition coefficient (Wildman–Crippen LogP) is 6.95. The van der Waals surface area contributed by atoms with Crippen molar-refractivity contribution in [1.29, 1.82) is 0 Å². The highest BCUT2D eigenvalue weighted by atomic mass is 16.6. The van der Waals surface area contributed by atoms with E-state index < -0.39 is 0 Å². The van der Waals surface area contributed by atoms with Gasteiger partial charge in [0, 0.05) is 5.56 Å². The molecule has 1 aromatic rings. The van der Waals surface area contributed by atoms with Gasteiger partial charge in [-0.15, -0.1) is 0 Å². The van der Waals surface area contributed by atoms with Crippen molar-refractivity contribution >= 4 is 17.8 Å². The summed E-state index contributed by atoms with van der Waals surface area (Å²) in [6, 6.07) is 6.22. The third-order valence-corrected chi connectivity index (χ3v) is 6.31. The van der Waals surface area contributed by atoms with Crippen LogP contribution in [0.25, 0.3) is 11.8 Å². The predicted molar refractivity (Wildman–Crippen MR) is 121 cm³/mol. The zero-order valence-electron chi connectivity index (χ0n) is 19.0. The maximum atomic E-state index is 12.4. The summed E-state index contributed by atoms with van der Waals surface area (Å²) in [4.78, 5) is 12.4. The zero-order chi connectivity index (χ0) is 21.5. The fourth-order valence-electron chi connectivity index (χ4n) is 4.06. The maximum absolute atomic E-state index is 12.4. The molecule has 0 heterocycles. The summed E-state index contributed by atoms with van der Waals surface area (Å²) >= 11 is 0. The van der Waals surface area contributed by atoms with Crippen LogP contribution in [-0.2, 0) is 20.7 Å². The number of ether oxygens (including phenoxy) is 2. The lowest BCUT2D eigenvalue weighted by atomic mass is 9.81. The Kier molecular flexibility index (Phi) is 8.13. The van der Waals surface area contributed by atoms with Crippen molar-refractivity contribution in [3.8, 4) is 0 Å². The summed E-state index contributed by atoms with van der Waals surface area (Å²) in [5.74, 6) is 0.217. The molecule has 1 aliphatic rings. The SMILES string of the molecule is C=C(OCC(=O)OC1(CC)CCCC1)c1cccc(CC(C)(C)CC)c1/C=C\C. The minimum absolute atomic E-state index is 0.0967. The van der Waals surface area contributed by atoms with E-state index in [1.54, 1.807) is 0 Å². The second-order valence-corrected chi connectivity index (χ2v) is 9.00. The normalized spacial score (nSPS) is 16.2. The molecule has 0 aliphatic heterocycles. The van der Waals surface area contributed by atoms with Crippen LogP contribution in [0, 0.1) is 5.41 Å². The van der Waals surface area contributed by atoms with Crippen LogP contribution in [0.5, 0.6) is 0 Å². The first-order valence-electron chi connectivity index (χ1n) is 11.0. The van der Waals surface area contributed by atoms with E-state index in [0.29, 0.717) is 5.76 Å². The number of hydrogen-bond donors (Lipinski definition) is 0. The van der Waals surface area contributed by atoms with Gasteiger partial charge in [0.2, 0.25) is 0 Å². The minimum Gasteiger partial charge on any atom is -0.482 e. The summed E-state index contributed by atoms with van der Waals surface area (Å²) in [5.41, 5.74) is 3.26. The lowest BCUT2D eigenvalue weighted by Gasteiger charge is -2.27. The number of allylic oxidation sites excluding steroid dienone is 1. The number of carbonyl (C=O) groups excluding carboxylic acids is 1. The molecule has 3 heteroatoms. The lowest BCUT2D eigenvalue weighted by molar-refractivity contribution is -0.162. The van der Waals surface area contributed by atoms with Crippen LogP contribution in [0.2, 0.25) is 0 Å². The van der Waals surface area contributed by atoms with Crippen molar-refractivity contribution in [3.05, 3.63) is 47.5 Å². The fraction of sp³-hybridized carbons (Fsp3) is 0.577. The molecule has 1 saturated carbocycles. The van der Waals surface area contributed by atoms with Gasteiger partial charge in [-0.25, -0.2) is 4.79 Å². The molecule has 0 unspecified atom stereocenters. The molecule has 0 spiro atoms. The number of hydrogen-bond acceptors (Lipinski definition) is 3. The van der Waals surface area contributed by atoms with Crippen molar-refractivity contribution in [2.45, 2.75) is 85.2 Å². The number of carbonyl (C=O) groups is 1. The van der Waals surface area contributed by atoms with Gasteiger partial charge in [0.1, 0.15) is 11.4 Å². The van der Waals surface area contributed by atoms with Gasteiger partial charge in [0.05, 0.1) is 0 Å². The second kappa shape index (κ2) is 10.1. The Morgan fingerprint density at radius 1 is 1.24 bits per heavy atom. The Labute approximate surface area is 177 Å². The van der Waals surface area contributed by atoms with Crippen molar-refractivity contribution in [2.75, 3.05) is 6.61 Å². The molecule has 0 N–H and O–H groups in total. The van der Waals surface area contributed by atoms with Crippen LogP contribution >= 0.6 is 0 Å². The zero-order valence-corrected chi connectivity index (χ0v) is 19.0. The van der Waals surface area contributed by atoms with Crippen LogP contribution in [0.3, 0.4) is 0 Å². The van der Waals surface area contributed by atoms with Crippen LogP contribution < -0.4 is 0 Å². The van der Waals surface area contributed by atoms with Crippen molar-refractivity contribution in [1.82, 2.24) is 0 Å². The second-order valence-electron chi connectivity index (χ2n) is 9.00. The Morgan fingerprint density at radius 3 is 2.52 bits per heavy atom. The standard InChI is InChI=1S/C26H38O3/c1-7-13-23-21(18-25(5,6)8-2)14-12-15-22(23)20(4)28-19-24(27)29-26(9-3)16-10-11-17-26/h7,12-15H,4,8-11,16-19H2,1-3,5-6H3/b13-7-. The van der Waals surface area contributed by atoms with E-state index >= 15 is 0 Å². The molecule has 1 fully saturated rings. The van der Waals surface area contributed by atoms with Gasteiger partial charge in [0.15, 0.2) is 6.61 Å². The molecule has 29 heavy (non-hydrogen) atoms. The summed E-state index contributed by atoms with van der Waals surface area (Å²) in [6.45, 7) is 14.9. The van der Waals surface area contributed by atoms with E-state index in [1.165, 1.54) is 5.56 Å². The molecule has 0 radical (unpaired) electrons. The highest BCUT2D eigenvalue weighted by Gasteiger charge is 2.35. The molecular formula is C26H38O3. The largest absolute Gasteiger partial charge is 0.482 e. The summed E-state index contributed by atoms with van der Waals surface area (Å²) in [7, 11) is 0. The summed E-state index contributed by atoms with van der Waals surface area (Å²) in [5, 5.41) is 0. The molecule has 0 bridgehead atoms. The average Bonchev–Trinajstić information content (AvgIpc) is 3.16. The van der Waals surface area contributed by atoms with Crippen molar-refractivity contribution in [3.63, 3.8) is 0 Å². The van der Waals surface area contributed by atoms with Crippen LogP contribution in [-0.4, -0.2) is 18.2 Å². The first kappa shape index (κ1) is 23.3. The molecular weight excluding hydrogens is 360 g/mol. The Bertz CT molecular complexity index is 736. The number of rotatable bonds is 10. The quantitative estimate of drug-likeness (QED) is 0.316. The topological polar surface area (TPSA) is 35.5 Å². The fourth-order valence-corrected chi connectivity index (χ4v) is 4.06. The van der Waals surface area contributed by atoms with E-state index in [-0.39, 0.29) is 23.6 Å². The average molecular weight is 399 g/mol. The number of esters is 1. The molecule has 0 amide bonds. The van der Waals surface area contributed by atoms with E-state index in [4.69, 9.17) is 9.47 Å². The van der Waals surface area contributed by atoms with Crippen LogP contribution in [0.15, 0.2) is 30.9 Å². The Morgan fingerprint density at radius 2 is 1.93 bits per heavy atom. The molecule has 0 aromatic heterocycles. The third-order valence-electron chi connectivity index (χ3n) is 6.31. The van der Waals surface area contributed by atoms with E-state index in [0.717, 1.165) is 56.1 Å². The third kappa shape index (κ3) is 6.22. The maximum Gasteiger partial charge on any atom is 0.344 e. The van der Waals surface area contributed by atoms with Crippen LogP contribution in [0.4, 0.5) is 0 Å². The van der Waals surface area contributed by atoms with Gasteiger partial charge < -0.3 is 9.47 Å². The molecule has 0 saturated heterocycles. The van der Waals surface area contributed by atoms with Crippen molar-refractivity contribution < 1.29 is 14.3 Å².